The van der Waals surface area contributed by atoms with Crippen LogP contribution in [-0.2, 0) is 6.54 Å². The molecule has 5 heteroatoms. The molecule has 5 nitrogen and oxygen atoms in total. The van der Waals surface area contributed by atoms with E-state index in [0.29, 0.717) is 6.54 Å². The van der Waals surface area contributed by atoms with Crippen molar-refractivity contribution >= 4 is 11.0 Å². The van der Waals surface area contributed by atoms with Gasteiger partial charge in [0.05, 0.1) is 12.6 Å². The number of hydrogen-bond donors (Lipinski definition) is 1. The van der Waals surface area contributed by atoms with Crippen LogP contribution < -0.4 is 5.32 Å². The van der Waals surface area contributed by atoms with E-state index in [4.69, 9.17) is 4.42 Å². The zero-order chi connectivity index (χ0) is 12.4. The summed E-state index contributed by atoms with van der Waals surface area (Å²) >= 11 is 0. The van der Waals surface area contributed by atoms with Crippen molar-refractivity contribution < 1.29 is 4.42 Å². The maximum atomic E-state index is 5.85. The third kappa shape index (κ3) is 2.00. The predicted molar refractivity (Wildman–Crippen MR) is 68.0 cm³/mol. The average Bonchev–Trinajstić information content (AvgIpc) is 3.04. The Hall–Kier alpha value is -2.14. The first kappa shape index (κ1) is 11.0. The Labute approximate surface area is 104 Å². The van der Waals surface area contributed by atoms with Crippen LogP contribution in [0.15, 0.2) is 47.4 Å². The van der Waals surface area contributed by atoms with E-state index in [0.717, 1.165) is 16.7 Å². The van der Waals surface area contributed by atoms with Gasteiger partial charge in [0.2, 0.25) is 0 Å². The molecule has 0 aliphatic carbocycles. The Kier molecular flexibility index (Phi) is 2.82. The molecule has 0 fully saturated rings. The van der Waals surface area contributed by atoms with Crippen molar-refractivity contribution in [3.05, 3.63) is 48.7 Å². The Morgan fingerprint density at radius 2 is 2.28 bits per heavy atom. The second-order valence-corrected chi connectivity index (χ2v) is 4.15. The molecule has 1 aromatic carbocycles. The van der Waals surface area contributed by atoms with Crippen LogP contribution in [0.3, 0.4) is 0 Å². The highest BCUT2D eigenvalue weighted by Crippen LogP contribution is 2.24. The number of fused-ring (bicyclic) bond motifs is 1. The number of nitrogens with zero attached hydrogens (tertiary/aromatic N) is 3. The highest BCUT2D eigenvalue weighted by atomic mass is 16.3. The molecule has 0 saturated carbocycles. The molecule has 0 amide bonds. The van der Waals surface area contributed by atoms with Crippen molar-refractivity contribution in [2.45, 2.75) is 12.6 Å². The number of furan rings is 1. The molecule has 0 bridgehead atoms. The fourth-order valence-electron chi connectivity index (χ4n) is 2.01. The summed E-state index contributed by atoms with van der Waals surface area (Å²) in [4.78, 5) is 3.94. The van der Waals surface area contributed by atoms with E-state index in [1.807, 2.05) is 31.3 Å². The molecule has 3 rings (SSSR count). The third-order valence-electron chi connectivity index (χ3n) is 2.97. The number of aromatic nitrogens is 3. The molecular formula is C13H14N4O. The summed E-state index contributed by atoms with van der Waals surface area (Å²) in [6.07, 6.45) is 3.23. The van der Waals surface area contributed by atoms with Crippen LogP contribution in [0, 0.1) is 0 Å². The van der Waals surface area contributed by atoms with Crippen molar-refractivity contribution in [3.63, 3.8) is 0 Å². The van der Waals surface area contributed by atoms with Crippen LogP contribution in [-0.4, -0.2) is 21.8 Å². The molecule has 0 aliphatic heterocycles. The van der Waals surface area contributed by atoms with Crippen LogP contribution in [0.4, 0.5) is 0 Å². The Balaban J connectivity index is 1.90. The van der Waals surface area contributed by atoms with Gasteiger partial charge in [0, 0.05) is 5.39 Å². The van der Waals surface area contributed by atoms with E-state index in [9.17, 15) is 0 Å². The molecule has 18 heavy (non-hydrogen) atoms. The minimum Gasteiger partial charge on any atom is -0.459 e. The van der Waals surface area contributed by atoms with E-state index in [2.05, 4.69) is 21.5 Å². The van der Waals surface area contributed by atoms with Gasteiger partial charge < -0.3 is 9.73 Å². The van der Waals surface area contributed by atoms with E-state index in [1.54, 1.807) is 11.0 Å². The number of para-hydroxylation sites is 1. The topological polar surface area (TPSA) is 55.9 Å². The number of benzene rings is 1. The van der Waals surface area contributed by atoms with Gasteiger partial charge in [-0.3, -0.25) is 4.68 Å². The molecule has 0 aliphatic rings. The fraction of sp³-hybridized carbons (Fsp3) is 0.231. The van der Waals surface area contributed by atoms with Crippen LogP contribution >= 0.6 is 0 Å². The largest absolute Gasteiger partial charge is 0.459 e. The SMILES string of the molecule is CNC(Cn1cncn1)c1cc2ccccc2o1. The lowest BCUT2D eigenvalue weighted by atomic mass is 10.2. The number of likely N-dealkylation sites (N-methyl/N-ethyl adjacent to an activating group) is 1. The van der Waals surface area contributed by atoms with Crippen LogP contribution in [0.25, 0.3) is 11.0 Å². The molecule has 1 N–H and O–H groups in total. The summed E-state index contributed by atoms with van der Waals surface area (Å²) in [5.41, 5.74) is 0.909. The summed E-state index contributed by atoms with van der Waals surface area (Å²) in [6.45, 7) is 0.691. The summed E-state index contributed by atoms with van der Waals surface area (Å²) in [6, 6.07) is 10.1. The molecule has 0 saturated heterocycles. The highest BCUT2D eigenvalue weighted by molar-refractivity contribution is 5.77. The predicted octanol–water partition coefficient (Wildman–Crippen LogP) is 1.98. The second-order valence-electron chi connectivity index (χ2n) is 4.15. The lowest BCUT2D eigenvalue weighted by molar-refractivity contribution is 0.395. The van der Waals surface area contributed by atoms with Gasteiger partial charge in [-0.05, 0) is 19.2 Å². The van der Waals surface area contributed by atoms with Crippen LogP contribution in [0.5, 0.6) is 0 Å². The van der Waals surface area contributed by atoms with Crippen molar-refractivity contribution in [3.8, 4) is 0 Å². The lowest BCUT2D eigenvalue weighted by Gasteiger charge is -2.12. The van der Waals surface area contributed by atoms with E-state index in [1.165, 1.54) is 6.33 Å². The molecule has 2 heterocycles. The van der Waals surface area contributed by atoms with Crippen molar-refractivity contribution in [1.82, 2.24) is 20.1 Å². The monoisotopic (exact) mass is 242 g/mol. The van der Waals surface area contributed by atoms with E-state index < -0.39 is 0 Å². The lowest BCUT2D eigenvalue weighted by Crippen LogP contribution is -2.21. The average molecular weight is 242 g/mol. The molecule has 1 atom stereocenters. The van der Waals surface area contributed by atoms with Gasteiger partial charge in [-0.25, -0.2) is 4.98 Å². The maximum absolute atomic E-state index is 5.85. The van der Waals surface area contributed by atoms with E-state index in [-0.39, 0.29) is 6.04 Å². The van der Waals surface area contributed by atoms with Gasteiger partial charge in [-0.15, -0.1) is 0 Å². The van der Waals surface area contributed by atoms with Crippen LogP contribution in [0.1, 0.15) is 11.8 Å². The van der Waals surface area contributed by atoms with Crippen molar-refractivity contribution in [1.29, 1.82) is 0 Å². The van der Waals surface area contributed by atoms with Gasteiger partial charge in [0.1, 0.15) is 24.0 Å². The smallest absolute Gasteiger partial charge is 0.137 e. The van der Waals surface area contributed by atoms with Gasteiger partial charge in [-0.2, -0.15) is 5.10 Å². The fourth-order valence-corrected chi connectivity index (χ4v) is 2.01. The van der Waals surface area contributed by atoms with Gasteiger partial charge in [0.25, 0.3) is 0 Å². The van der Waals surface area contributed by atoms with Gasteiger partial charge in [-0.1, -0.05) is 18.2 Å². The summed E-state index contributed by atoms with van der Waals surface area (Å²) < 4.78 is 7.63. The van der Waals surface area contributed by atoms with E-state index >= 15 is 0 Å². The van der Waals surface area contributed by atoms with Crippen LogP contribution in [0.2, 0.25) is 0 Å². The standard InChI is InChI=1S/C13H14N4O/c1-14-11(7-17-9-15-8-16-17)13-6-10-4-2-3-5-12(10)18-13/h2-6,8-9,11,14H,7H2,1H3. The zero-order valence-corrected chi connectivity index (χ0v) is 10.1. The summed E-state index contributed by atoms with van der Waals surface area (Å²) in [5, 5.41) is 8.46. The molecule has 0 radical (unpaired) electrons. The first-order valence-electron chi connectivity index (χ1n) is 5.85. The van der Waals surface area contributed by atoms with Crippen molar-refractivity contribution in [2.75, 3.05) is 7.05 Å². The minimum absolute atomic E-state index is 0.0825. The Morgan fingerprint density at radius 1 is 1.39 bits per heavy atom. The molecule has 3 aromatic rings. The van der Waals surface area contributed by atoms with Gasteiger partial charge >= 0.3 is 0 Å². The molecular weight excluding hydrogens is 228 g/mol. The van der Waals surface area contributed by atoms with Gasteiger partial charge in [0.15, 0.2) is 0 Å². The number of rotatable bonds is 4. The highest BCUT2D eigenvalue weighted by Gasteiger charge is 2.15. The first-order valence-corrected chi connectivity index (χ1v) is 5.85. The Bertz CT molecular complexity index is 596. The zero-order valence-electron chi connectivity index (χ0n) is 10.1. The quantitative estimate of drug-likeness (QED) is 0.760. The van der Waals surface area contributed by atoms with Crippen molar-refractivity contribution in [2.24, 2.45) is 0 Å². The molecule has 0 spiro atoms. The molecule has 2 aromatic heterocycles. The normalized spacial score (nSPS) is 12.9. The molecule has 1 unspecified atom stereocenters. The Morgan fingerprint density at radius 3 is 3.00 bits per heavy atom. The number of nitrogens with one attached hydrogen (secondary N) is 1. The maximum Gasteiger partial charge on any atom is 0.137 e. The second kappa shape index (κ2) is 4.62. The summed E-state index contributed by atoms with van der Waals surface area (Å²) in [5.74, 6) is 0.911. The first-order chi connectivity index (χ1) is 8.86. The summed E-state index contributed by atoms with van der Waals surface area (Å²) in [7, 11) is 1.91. The third-order valence-corrected chi connectivity index (χ3v) is 2.97. The number of hydrogen-bond acceptors (Lipinski definition) is 4. The minimum atomic E-state index is 0.0825. The molecule has 92 valence electrons.